The van der Waals surface area contributed by atoms with Gasteiger partial charge in [0.25, 0.3) is 0 Å². The van der Waals surface area contributed by atoms with Gasteiger partial charge in [0, 0.05) is 12.6 Å². The molecule has 1 aliphatic carbocycles. The van der Waals surface area contributed by atoms with Crippen LogP contribution >= 0.6 is 0 Å². The van der Waals surface area contributed by atoms with E-state index in [0.717, 1.165) is 17.0 Å². The van der Waals surface area contributed by atoms with Crippen LogP contribution in [0.5, 0.6) is 0 Å². The smallest absolute Gasteiger partial charge is 0.144 e. The van der Waals surface area contributed by atoms with Crippen molar-refractivity contribution in [1.29, 1.82) is 0 Å². The predicted molar refractivity (Wildman–Crippen MR) is 60.5 cm³/mol. The molecule has 14 heavy (non-hydrogen) atoms. The lowest BCUT2D eigenvalue weighted by Crippen LogP contribution is -2.09. The van der Waals surface area contributed by atoms with Gasteiger partial charge in [-0.3, -0.25) is 4.99 Å². The van der Waals surface area contributed by atoms with Gasteiger partial charge < -0.3 is 4.74 Å². The molecule has 0 aromatic carbocycles. The molecule has 0 unspecified atom stereocenters. The first-order valence-corrected chi connectivity index (χ1v) is 4.56. The lowest BCUT2D eigenvalue weighted by atomic mass is 10.0. The highest BCUT2D eigenvalue weighted by molar-refractivity contribution is 6.14. The highest BCUT2D eigenvalue weighted by atomic mass is 16.5. The zero-order valence-corrected chi connectivity index (χ0v) is 8.82. The van der Waals surface area contributed by atoms with E-state index in [-0.39, 0.29) is 0 Å². The van der Waals surface area contributed by atoms with Crippen LogP contribution < -0.4 is 0 Å². The van der Waals surface area contributed by atoms with Crippen LogP contribution in [0.4, 0.5) is 0 Å². The molecule has 0 atom stereocenters. The Bertz CT molecular complexity index is 343. The molecule has 0 aromatic rings. The van der Waals surface area contributed by atoms with Crippen molar-refractivity contribution in [3.05, 3.63) is 47.8 Å². The Balaban J connectivity index is 3.02. The van der Waals surface area contributed by atoms with Gasteiger partial charge in [0.15, 0.2) is 0 Å². The second-order valence-electron chi connectivity index (χ2n) is 2.81. The molecular weight excluding hydrogens is 174 g/mol. The zero-order chi connectivity index (χ0) is 10.4. The molecular formula is C12H15NO. The summed E-state index contributed by atoms with van der Waals surface area (Å²) in [5.74, 6) is 0.811. The van der Waals surface area contributed by atoms with Gasteiger partial charge in [-0.05, 0) is 13.0 Å². The minimum absolute atomic E-state index is 0.811. The summed E-state index contributed by atoms with van der Waals surface area (Å²) in [6.07, 6.45) is 11.9. The van der Waals surface area contributed by atoms with Gasteiger partial charge in [-0.25, -0.2) is 0 Å². The second kappa shape index (κ2) is 5.22. The molecule has 1 aliphatic rings. The van der Waals surface area contributed by atoms with E-state index in [4.69, 9.17) is 4.74 Å². The normalized spacial score (nSPS) is 22.1. The SMILES string of the molecule is C/C=C\C=C1\C=CC=C(OC)C1=NC. The van der Waals surface area contributed by atoms with Crippen LogP contribution in [0.3, 0.4) is 0 Å². The maximum Gasteiger partial charge on any atom is 0.144 e. The Hall–Kier alpha value is -1.57. The van der Waals surface area contributed by atoms with E-state index >= 15 is 0 Å². The number of aliphatic imine (C=N–C) groups is 1. The van der Waals surface area contributed by atoms with Gasteiger partial charge in [0.05, 0.1) is 7.11 Å². The summed E-state index contributed by atoms with van der Waals surface area (Å²) in [6.45, 7) is 1.99. The van der Waals surface area contributed by atoms with E-state index in [2.05, 4.69) is 4.99 Å². The maximum absolute atomic E-state index is 5.22. The third-order valence-electron chi connectivity index (χ3n) is 1.94. The number of ether oxygens (including phenoxy) is 1. The van der Waals surface area contributed by atoms with Crippen molar-refractivity contribution < 1.29 is 4.74 Å². The Kier molecular flexibility index (Phi) is 3.92. The Labute approximate surface area is 85.0 Å². The van der Waals surface area contributed by atoms with Gasteiger partial charge in [0.2, 0.25) is 0 Å². The van der Waals surface area contributed by atoms with Crippen molar-refractivity contribution in [2.75, 3.05) is 14.2 Å². The van der Waals surface area contributed by atoms with E-state index < -0.39 is 0 Å². The fourth-order valence-corrected chi connectivity index (χ4v) is 1.28. The molecule has 0 radical (unpaired) electrons. The number of nitrogens with zero attached hydrogens (tertiary/aromatic N) is 1. The van der Waals surface area contributed by atoms with Crippen LogP contribution in [-0.2, 0) is 4.74 Å². The lowest BCUT2D eigenvalue weighted by molar-refractivity contribution is 0.315. The molecule has 0 spiro atoms. The minimum Gasteiger partial charge on any atom is -0.494 e. The molecule has 0 amide bonds. The molecule has 0 N–H and O–H groups in total. The standard InChI is InChI=1S/C12H15NO/c1-4-5-7-10-8-6-9-11(14-3)12(10)13-2/h4-9H,1-3H3/b5-4-,10-7-,13-12?. The third-order valence-corrected chi connectivity index (χ3v) is 1.94. The van der Waals surface area contributed by atoms with Gasteiger partial charge in [0.1, 0.15) is 11.5 Å². The van der Waals surface area contributed by atoms with Crippen LogP contribution in [-0.4, -0.2) is 19.9 Å². The first kappa shape index (κ1) is 10.5. The molecule has 74 valence electrons. The van der Waals surface area contributed by atoms with E-state index in [1.54, 1.807) is 14.2 Å². The third kappa shape index (κ3) is 2.22. The van der Waals surface area contributed by atoms with Crippen LogP contribution in [0.15, 0.2) is 52.8 Å². The Morgan fingerprint density at radius 2 is 2.21 bits per heavy atom. The first-order chi connectivity index (χ1) is 6.83. The number of rotatable bonds is 2. The summed E-state index contributed by atoms with van der Waals surface area (Å²) in [6, 6.07) is 0. The quantitative estimate of drug-likeness (QED) is 0.654. The van der Waals surface area contributed by atoms with Crippen LogP contribution in [0.1, 0.15) is 6.92 Å². The van der Waals surface area contributed by atoms with Crippen molar-refractivity contribution >= 4 is 5.71 Å². The maximum atomic E-state index is 5.22. The van der Waals surface area contributed by atoms with E-state index in [1.807, 2.05) is 43.4 Å². The molecule has 1 rings (SSSR count). The fraction of sp³-hybridized carbons (Fsp3) is 0.250. The van der Waals surface area contributed by atoms with E-state index in [9.17, 15) is 0 Å². The van der Waals surface area contributed by atoms with Crippen molar-refractivity contribution in [1.82, 2.24) is 0 Å². The number of hydrogen-bond acceptors (Lipinski definition) is 2. The minimum atomic E-state index is 0.811. The van der Waals surface area contributed by atoms with E-state index in [0.29, 0.717) is 0 Å². The molecule has 0 heterocycles. The van der Waals surface area contributed by atoms with Crippen molar-refractivity contribution in [3.63, 3.8) is 0 Å². The predicted octanol–water partition coefficient (Wildman–Crippen LogP) is 2.66. The summed E-state index contributed by atoms with van der Waals surface area (Å²) in [7, 11) is 3.42. The highest BCUT2D eigenvalue weighted by Gasteiger charge is 2.12. The summed E-state index contributed by atoms with van der Waals surface area (Å²) < 4.78 is 5.22. The first-order valence-electron chi connectivity index (χ1n) is 4.56. The summed E-state index contributed by atoms with van der Waals surface area (Å²) in [5, 5.41) is 0. The summed E-state index contributed by atoms with van der Waals surface area (Å²) >= 11 is 0. The number of allylic oxidation sites excluding steroid dienone is 7. The van der Waals surface area contributed by atoms with Gasteiger partial charge >= 0.3 is 0 Å². The number of hydrogen-bond donors (Lipinski definition) is 0. The molecule has 2 heteroatoms. The zero-order valence-electron chi connectivity index (χ0n) is 8.82. The molecule has 0 aliphatic heterocycles. The molecule has 0 saturated heterocycles. The second-order valence-corrected chi connectivity index (χ2v) is 2.81. The highest BCUT2D eigenvalue weighted by Crippen LogP contribution is 2.15. The molecule has 0 aromatic heterocycles. The van der Waals surface area contributed by atoms with Crippen LogP contribution in [0, 0.1) is 0 Å². The van der Waals surface area contributed by atoms with Crippen LogP contribution in [0.25, 0.3) is 0 Å². The largest absolute Gasteiger partial charge is 0.494 e. The molecule has 0 fully saturated rings. The van der Waals surface area contributed by atoms with E-state index in [1.165, 1.54) is 0 Å². The van der Waals surface area contributed by atoms with Gasteiger partial charge in [-0.2, -0.15) is 0 Å². The monoisotopic (exact) mass is 189 g/mol. The lowest BCUT2D eigenvalue weighted by Gasteiger charge is -2.12. The summed E-state index contributed by atoms with van der Waals surface area (Å²) in [5.41, 5.74) is 1.97. The Morgan fingerprint density at radius 3 is 2.79 bits per heavy atom. The summed E-state index contributed by atoms with van der Waals surface area (Å²) in [4.78, 5) is 4.20. The average molecular weight is 189 g/mol. The molecule has 0 saturated carbocycles. The van der Waals surface area contributed by atoms with Crippen LogP contribution in [0.2, 0.25) is 0 Å². The fourth-order valence-electron chi connectivity index (χ4n) is 1.28. The van der Waals surface area contributed by atoms with Gasteiger partial charge in [-0.1, -0.05) is 30.4 Å². The Morgan fingerprint density at radius 1 is 1.43 bits per heavy atom. The average Bonchev–Trinajstić information content (AvgIpc) is 2.25. The van der Waals surface area contributed by atoms with Crippen molar-refractivity contribution in [3.8, 4) is 0 Å². The number of methoxy groups -OCH3 is 1. The van der Waals surface area contributed by atoms with Gasteiger partial charge in [-0.15, -0.1) is 0 Å². The van der Waals surface area contributed by atoms with Crippen molar-refractivity contribution in [2.45, 2.75) is 6.92 Å². The molecule has 0 bridgehead atoms. The van der Waals surface area contributed by atoms with Crippen molar-refractivity contribution in [2.24, 2.45) is 4.99 Å². The molecule has 2 nitrogen and oxygen atoms in total. The topological polar surface area (TPSA) is 21.6 Å².